The third-order valence-corrected chi connectivity index (χ3v) is 3.84. The summed E-state index contributed by atoms with van der Waals surface area (Å²) >= 11 is 0. The Labute approximate surface area is 95.1 Å². The highest BCUT2D eigenvalue weighted by Gasteiger charge is 2.95. The molecule has 2 rings (SSSR count). The van der Waals surface area contributed by atoms with Gasteiger partial charge in [-0.2, -0.15) is 13.2 Å². The van der Waals surface area contributed by atoms with E-state index in [1.807, 2.05) is 0 Å². The zero-order chi connectivity index (χ0) is 13.1. The molecule has 96 valence electrons. The van der Waals surface area contributed by atoms with Crippen molar-refractivity contribution in [2.24, 2.45) is 16.7 Å². The molecule has 0 spiro atoms. The SMILES string of the molecule is CCOC(=O)[C@]12C(=O)OC[C@H]1[C@@]2(C)C(F)(F)F. The number of fused-ring (bicyclic) bond motifs is 1. The minimum Gasteiger partial charge on any atom is -0.465 e. The third-order valence-electron chi connectivity index (χ3n) is 3.84. The summed E-state index contributed by atoms with van der Waals surface area (Å²) in [4.78, 5) is 23.2. The predicted molar refractivity (Wildman–Crippen MR) is 47.7 cm³/mol. The van der Waals surface area contributed by atoms with Crippen LogP contribution in [0.3, 0.4) is 0 Å². The van der Waals surface area contributed by atoms with Crippen molar-refractivity contribution in [3.63, 3.8) is 0 Å². The minimum absolute atomic E-state index is 0.0749. The summed E-state index contributed by atoms with van der Waals surface area (Å²) in [6.45, 7) is 1.88. The molecule has 1 heterocycles. The lowest BCUT2D eigenvalue weighted by Gasteiger charge is -2.22. The Bertz CT molecular complexity index is 392. The molecule has 4 nitrogen and oxygen atoms in total. The summed E-state index contributed by atoms with van der Waals surface area (Å²) in [5.41, 5.74) is -4.54. The Hall–Kier alpha value is -1.27. The van der Waals surface area contributed by atoms with E-state index in [1.54, 1.807) is 0 Å². The number of halogens is 3. The number of carbonyl (C=O) groups is 2. The van der Waals surface area contributed by atoms with E-state index in [0.717, 1.165) is 6.92 Å². The highest BCUT2D eigenvalue weighted by molar-refractivity contribution is 6.07. The van der Waals surface area contributed by atoms with Gasteiger partial charge in [0.05, 0.1) is 18.6 Å². The van der Waals surface area contributed by atoms with Gasteiger partial charge < -0.3 is 9.47 Å². The maximum atomic E-state index is 12.9. The van der Waals surface area contributed by atoms with Crippen LogP contribution in [-0.2, 0) is 19.1 Å². The van der Waals surface area contributed by atoms with Gasteiger partial charge in [-0.25, -0.2) is 0 Å². The fourth-order valence-corrected chi connectivity index (χ4v) is 2.73. The summed E-state index contributed by atoms with van der Waals surface area (Å²) in [7, 11) is 0. The highest BCUT2D eigenvalue weighted by Crippen LogP contribution is 2.78. The molecule has 1 saturated heterocycles. The van der Waals surface area contributed by atoms with E-state index in [-0.39, 0.29) is 13.2 Å². The monoisotopic (exact) mass is 252 g/mol. The second-order valence-corrected chi connectivity index (χ2v) is 4.38. The average Bonchev–Trinajstić information content (AvgIpc) is 2.57. The van der Waals surface area contributed by atoms with E-state index in [0.29, 0.717) is 0 Å². The van der Waals surface area contributed by atoms with Crippen molar-refractivity contribution in [3.05, 3.63) is 0 Å². The van der Waals surface area contributed by atoms with Crippen molar-refractivity contribution in [2.45, 2.75) is 20.0 Å². The van der Waals surface area contributed by atoms with Gasteiger partial charge in [-0.1, -0.05) is 0 Å². The summed E-state index contributed by atoms with van der Waals surface area (Å²) in [6.07, 6.45) is -4.64. The number of hydrogen-bond acceptors (Lipinski definition) is 4. The largest absolute Gasteiger partial charge is 0.465 e. The van der Waals surface area contributed by atoms with Gasteiger partial charge in [0, 0.05) is 5.92 Å². The van der Waals surface area contributed by atoms with Crippen LogP contribution >= 0.6 is 0 Å². The van der Waals surface area contributed by atoms with Crippen LogP contribution in [0.25, 0.3) is 0 Å². The molecule has 1 aliphatic carbocycles. The van der Waals surface area contributed by atoms with Crippen LogP contribution in [0.4, 0.5) is 13.2 Å². The Morgan fingerprint density at radius 3 is 2.59 bits per heavy atom. The van der Waals surface area contributed by atoms with Gasteiger partial charge in [0.1, 0.15) is 0 Å². The quantitative estimate of drug-likeness (QED) is 0.549. The molecule has 0 aromatic carbocycles. The maximum absolute atomic E-state index is 12.9. The zero-order valence-corrected chi connectivity index (χ0v) is 9.26. The van der Waals surface area contributed by atoms with Gasteiger partial charge in [0.15, 0.2) is 5.41 Å². The molecule has 0 unspecified atom stereocenters. The lowest BCUT2D eigenvalue weighted by molar-refractivity contribution is -0.211. The van der Waals surface area contributed by atoms with Gasteiger partial charge in [0.2, 0.25) is 0 Å². The Balaban J connectivity index is 2.42. The van der Waals surface area contributed by atoms with Crippen LogP contribution in [0.15, 0.2) is 0 Å². The van der Waals surface area contributed by atoms with Crippen molar-refractivity contribution in [1.29, 1.82) is 0 Å². The third kappa shape index (κ3) is 1.09. The molecule has 2 aliphatic rings. The number of carbonyl (C=O) groups excluding carboxylic acids is 2. The molecular weight excluding hydrogens is 241 g/mol. The summed E-state index contributed by atoms with van der Waals surface area (Å²) < 4.78 is 48.0. The first-order chi connectivity index (χ1) is 7.74. The van der Waals surface area contributed by atoms with E-state index < -0.39 is 34.9 Å². The van der Waals surface area contributed by atoms with Crippen LogP contribution < -0.4 is 0 Å². The molecule has 0 aromatic rings. The maximum Gasteiger partial charge on any atom is 0.396 e. The number of ether oxygens (including phenoxy) is 2. The Kier molecular flexibility index (Phi) is 2.25. The molecule has 0 bridgehead atoms. The Morgan fingerprint density at radius 2 is 2.18 bits per heavy atom. The number of alkyl halides is 3. The van der Waals surface area contributed by atoms with Crippen LogP contribution in [-0.4, -0.2) is 31.3 Å². The zero-order valence-electron chi connectivity index (χ0n) is 9.26. The van der Waals surface area contributed by atoms with Gasteiger partial charge >= 0.3 is 18.1 Å². The molecule has 3 atom stereocenters. The molecule has 0 N–H and O–H groups in total. The normalized spacial score (nSPS) is 39.6. The fraction of sp³-hybridized carbons (Fsp3) is 0.800. The van der Waals surface area contributed by atoms with Crippen molar-refractivity contribution in [1.82, 2.24) is 0 Å². The minimum atomic E-state index is -4.64. The molecule has 0 radical (unpaired) electrons. The number of rotatable bonds is 2. The standard InChI is InChI=1S/C10H11F3O4/c1-3-16-6(14)9-5(4-17-7(9)15)8(9,2)10(11,12)13/h5H,3-4H2,1-2H3/t5-,8+,9-/m0/s1. The first kappa shape index (κ1) is 12.2. The molecule has 7 heteroatoms. The lowest BCUT2D eigenvalue weighted by Crippen LogP contribution is -2.39. The van der Waals surface area contributed by atoms with Crippen LogP contribution in [0.5, 0.6) is 0 Å². The number of hydrogen-bond donors (Lipinski definition) is 0. The van der Waals surface area contributed by atoms with Crippen LogP contribution in [0, 0.1) is 16.7 Å². The van der Waals surface area contributed by atoms with Crippen molar-refractivity contribution < 1.29 is 32.2 Å². The summed E-state index contributed by atoms with van der Waals surface area (Å²) in [5.74, 6) is -3.42. The first-order valence-corrected chi connectivity index (χ1v) is 5.15. The van der Waals surface area contributed by atoms with E-state index in [1.165, 1.54) is 6.92 Å². The van der Waals surface area contributed by atoms with Gasteiger partial charge in [-0.15, -0.1) is 0 Å². The first-order valence-electron chi connectivity index (χ1n) is 5.15. The summed E-state index contributed by atoms with van der Waals surface area (Å²) in [5, 5.41) is 0. The highest BCUT2D eigenvalue weighted by atomic mass is 19.4. The van der Waals surface area contributed by atoms with Crippen molar-refractivity contribution >= 4 is 11.9 Å². The van der Waals surface area contributed by atoms with E-state index in [2.05, 4.69) is 9.47 Å². The van der Waals surface area contributed by atoms with E-state index in [9.17, 15) is 22.8 Å². The summed E-state index contributed by atoms with van der Waals surface area (Å²) in [6, 6.07) is 0. The lowest BCUT2D eigenvalue weighted by atomic mass is 9.93. The van der Waals surface area contributed by atoms with Crippen LogP contribution in [0.2, 0.25) is 0 Å². The van der Waals surface area contributed by atoms with Gasteiger partial charge in [-0.3, -0.25) is 9.59 Å². The van der Waals surface area contributed by atoms with Gasteiger partial charge in [-0.05, 0) is 13.8 Å². The van der Waals surface area contributed by atoms with Gasteiger partial charge in [0.25, 0.3) is 0 Å². The van der Waals surface area contributed by atoms with Crippen LogP contribution in [0.1, 0.15) is 13.8 Å². The fourth-order valence-electron chi connectivity index (χ4n) is 2.73. The molecule has 1 saturated carbocycles. The van der Waals surface area contributed by atoms with Crippen molar-refractivity contribution in [3.8, 4) is 0 Å². The topological polar surface area (TPSA) is 52.6 Å². The Morgan fingerprint density at radius 1 is 1.59 bits per heavy atom. The second-order valence-electron chi connectivity index (χ2n) is 4.38. The van der Waals surface area contributed by atoms with E-state index in [4.69, 9.17) is 0 Å². The average molecular weight is 252 g/mol. The number of esters is 2. The molecule has 0 aromatic heterocycles. The predicted octanol–water partition coefficient (Wildman–Crippen LogP) is 1.29. The molecular formula is C10H11F3O4. The molecule has 2 fully saturated rings. The molecule has 0 amide bonds. The van der Waals surface area contributed by atoms with E-state index >= 15 is 0 Å². The molecule has 1 aliphatic heterocycles. The second kappa shape index (κ2) is 3.14. The smallest absolute Gasteiger partial charge is 0.396 e. The number of cyclic esters (lactones) is 1. The molecule has 17 heavy (non-hydrogen) atoms. The van der Waals surface area contributed by atoms with Crippen molar-refractivity contribution in [2.75, 3.05) is 13.2 Å².